The van der Waals surface area contributed by atoms with Gasteiger partial charge in [0.15, 0.2) is 9.84 Å². The van der Waals surface area contributed by atoms with E-state index >= 15 is 0 Å². The minimum absolute atomic E-state index is 0.0455. The van der Waals surface area contributed by atoms with Gasteiger partial charge in [0, 0.05) is 11.1 Å². The van der Waals surface area contributed by atoms with Crippen LogP contribution in [-0.4, -0.2) is 27.6 Å². The summed E-state index contributed by atoms with van der Waals surface area (Å²) in [4.78, 5) is 4.74. The van der Waals surface area contributed by atoms with Gasteiger partial charge in [-0.25, -0.2) is 21.8 Å². The highest BCUT2D eigenvalue weighted by atomic mass is 32.2. The van der Waals surface area contributed by atoms with E-state index in [2.05, 4.69) is 9.71 Å². The van der Waals surface area contributed by atoms with Gasteiger partial charge in [-0.2, -0.15) is 4.72 Å². The average Bonchev–Trinajstić information content (AvgIpc) is 3.24. The second-order valence-electron chi connectivity index (χ2n) is 6.98. The van der Waals surface area contributed by atoms with Crippen molar-refractivity contribution < 1.29 is 16.8 Å². The summed E-state index contributed by atoms with van der Waals surface area (Å²) in [5, 5.41) is 2.72. The minimum Gasteiger partial charge on any atom is -0.245 e. The molecular formula is C18H24N2O4S3. The van der Waals surface area contributed by atoms with Crippen molar-refractivity contribution in [2.45, 2.75) is 61.3 Å². The van der Waals surface area contributed by atoms with Crippen molar-refractivity contribution >= 4 is 31.2 Å². The van der Waals surface area contributed by atoms with E-state index in [1.54, 1.807) is 6.92 Å². The lowest BCUT2D eigenvalue weighted by Crippen LogP contribution is -2.43. The summed E-state index contributed by atoms with van der Waals surface area (Å²) >= 11 is 1.48. The first kappa shape index (κ1) is 20.4. The normalized spacial score (nSPS) is 17.3. The van der Waals surface area contributed by atoms with Crippen molar-refractivity contribution in [3.05, 3.63) is 40.3 Å². The summed E-state index contributed by atoms with van der Waals surface area (Å²) in [5.41, 5.74) is 0.205. The topological polar surface area (TPSA) is 93.2 Å². The predicted octanol–water partition coefficient (Wildman–Crippen LogP) is 3.38. The molecule has 148 valence electrons. The van der Waals surface area contributed by atoms with Crippen LogP contribution in [0.15, 0.2) is 39.4 Å². The van der Waals surface area contributed by atoms with Crippen LogP contribution < -0.4 is 4.72 Å². The molecule has 1 aliphatic rings. The van der Waals surface area contributed by atoms with E-state index in [4.69, 9.17) is 0 Å². The number of hydrogen-bond donors (Lipinski definition) is 1. The van der Waals surface area contributed by atoms with Crippen LogP contribution in [0, 0.1) is 6.92 Å². The molecule has 1 fully saturated rings. The van der Waals surface area contributed by atoms with Gasteiger partial charge in [0.05, 0.1) is 21.1 Å². The van der Waals surface area contributed by atoms with Crippen LogP contribution in [0.2, 0.25) is 0 Å². The number of aryl methyl sites for hydroxylation is 1. The number of nitrogens with zero attached hydrogens (tertiary/aromatic N) is 1. The number of benzene rings is 1. The van der Waals surface area contributed by atoms with Crippen molar-refractivity contribution in [3.8, 4) is 0 Å². The van der Waals surface area contributed by atoms with E-state index in [9.17, 15) is 16.8 Å². The van der Waals surface area contributed by atoms with Crippen LogP contribution in [0.5, 0.6) is 0 Å². The van der Waals surface area contributed by atoms with Crippen molar-refractivity contribution in [1.82, 2.24) is 9.71 Å². The molecule has 0 amide bonds. The zero-order valence-electron chi connectivity index (χ0n) is 15.4. The van der Waals surface area contributed by atoms with E-state index in [0.29, 0.717) is 19.3 Å². The third-order valence-corrected chi connectivity index (χ3v) is 9.43. The van der Waals surface area contributed by atoms with Gasteiger partial charge < -0.3 is 0 Å². The smallest absolute Gasteiger partial charge is 0.241 e. The van der Waals surface area contributed by atoms with Gasteiger partial charge in [-0.05, 0) is 50.5 Å². The Morgan fingerprint density at radius 2 is 1.67 bits per heavy atom. The van der Waals surface area contributed by atoms with Gasteiger partial charge in [0.25, 0.3) is 0 Å². The largest absolute Gasteiger partial charge is 0.245 e. The third kappa shape index (κ3) is 4.26. The first-order valence-corrected chi connectivity index (χ1v) is 13.0. The Bertz CT molecular complexity index is 1000. The molecule has 1 N–H and O–H groups in total. The second kappa shape index (κ2) is 7.62. The average molecular weight is 429 g/mol. The van der Waals surface area contributed by atoms with Gasteiger partial charge in [0.2, 0.25) is 10.0 Å². The Morgan fingerprint density at radius 1 is 1.07 bits per heavy atom. The lowest BCUT2D eigenvalue weighted by atomic mass is 10.0. The number of rotatable bonds is 7. The molecule has 0 unspecified atom stereocenters. The summed E-state index contributed by atoms with van der Waals surface area (Å²) in [7, 11) is -7.16. The van der Waals surface area contributed by atoms with E-state index in [-0.39, 0.29) is 15.5 Å². The number of sulfone groups is 1. The number of thiazole rings is 1. The van der Waals surface area contributed by atoms with Crippen LogP contribution in [-0.2, 0) is 25.4 Å². The van der Waals surface area contributed by atoms with Crippen LogP contribution in [0.3, 0.4) is 0 Å². The van der Waals surface area contributed by atoms with E-state index in [1.165, 1.54) is 35.6 Å². The Balaban J connectivity index is 1.90. The maximum Gasteiger partial charge on any atom is 0.241 e. The van der Waals surface area contributed by atoms with E-state index in [1.807, 2.05) is 12.3 Å². The maximum absolute atomic E-state index is 13.0. The van der Waals surface area contributed by atoms with Crippen LogP contribution in [0.25, 0.3) is 0 Å². The molecule has 6 nitrogen and oxygen atoms in total. The van der Waals surface area contributed by atoms with Crippen molar-refractivity contribution in [2.24, 2.45) is 0 Å². The van der Waals surface area contributed by atoms with Gasteiger partial charge in [-0.3, -0.25) is 0 Å². The van der Waals surface area contributed by atoms with Crippen LogP contribution in [0.4, 0.5) is 0 Å². The molecule has 1 heterocycles. The Labute approximate surface area is 165 Å². The number of nitrogens with one attached hydrogen (secondary N) is 1. The molecule has 0 atom stereocenters. The quantitative estimate of drug-likeness (QED) is 0.730. The molecule has 1 aromatic heterocycles. The molecule has 2 aromatic rings. The molecular weight excluding hydrogens is 404 g/mol. The van der Waals surface area contributed by atoms with Crippen LogP contribution in [0.1, 0.15) is 49.7 Å². The Kier molecular flexibility index (Phi) is 5.77. The summed E-state index contributed by atoms with van der Waals surface area (Å²) in [6.45, 7) is 3.69. The predicted molar refractivity (Wildman–Crippen MR) is 106 cm³/mol. The molecule has 3 rings (SSSR count). The van der Waals surface area contributed by atoms with Crippen LogP contribution >= 0.6 is 11.3 Å². The molecule has 1 saturated carbocycles. The Morgan fingerprint density at radius 3 is 2.19 bits per heavy atom. The first-order valence-electron chi connectivity index (χ1n) is 8.98. The minimum atomic E-state index is -3.79. The van der Waals surface area contributed by atoms with E-state index in [0.717, 1.165) is 23.5 Å². The highest BCUT2D eigenvalue weighted by Gasteiger charge is 2.42. The molecule has 1 aliphatic carbocycles. The van der Waals surface area contributed by atoms with Gasteiger partial charge in [-0.1, -0.05) is 19.8 Å². The molecule has 1 aromatic carbocycles. The molecule has 9 heteroatoms. The van der Waals surface area contributed by atoms with E-state index < -0.39 is 25.4 Å². The standard InChI is InChI=1S/C18H24N2O4S3/c1-3-12-26(21,22)15-6-8-16(9-7-15)27(23,24)20-18(10-4-5-11-18)17-19-14(2)13-25-17/h6-9,13,20H,3-5,10-12H2,1-2H3. The molecule has 27 heavy (non-hydrogen) atoms. The molecule has 0 bridgehead atoms. The SMILES string of the molecule is CCCS(=O)(=O)c1ccc(S(=O)(=O)NC2(c3nc(C)cs3)CCCC2)cc1. The summed E-state index contributed by atoms with van der Waals surface area (Å²) in [6, 6.07) is 5.46. The highest BCUT2D eigenvalue weighted by molar-refractivity contribution is 7.91. The zero-order chi connectivity index (χ0) is 19.7. The first-order chi connectivity index (χ1) is 12.7. The zero-order valence-corrected chi connectivity index (χ0v) is 17.9. The van der Waals surface area contributed by atoms with Crippen molar-refractivity contribution in [2.75, 3.05) is 5.75 Å². The Hall–Kier alpha value is -1.29. The monoisotopic (exact) mass is 428 g/mol. The molecule has 0 aliphatic heterocycles. The fourth-order valence-electron chi connectivity index (χ4n) is 3.44. The van der Waals surface area contributed by atoms with Crippen molar-refractivity contribution in [1.29, 1.82) is 0 Å². The number of sulfonamides is 1. The van der Waals surface area contributed by atoms with Gasteiger partial charge in [-0.15, -0.1) is 11.3 Å². The molecule has 0 saturated heterocycles. The summed E-state index contributed by atoms with van der Waals surface area (Å²) in [5.74, 6) is 0.0455. The second-order valence-corrected chi connectivity index (χ2v) is 11.6. The van der Waals surface area contributed by atoms with Crippen molar-refractivity contribution in [3.63, 3.8) is 0 Å². The summed E-state index contributed by atoms with van der Waals surface area (Å²) in [6.07, 6.45) is 3.81. The fraction of sp³-hybridized carbons (Fsp3) is 0.500. The lowest BCUT2D eigenvalue weighted by molar-refractivity contribution is 0.402. The third-order valence-electron chi connectivity index (χ3n) is 4.78. The highest BCUT2D eigenvalue weighted by Crippen LogP contribution is 2.41. The maximum atomic E-state index is 13.0. The molecule has 0 radical (unpaired) electrons. The summed E-state index contributed by atoms with van der Waals surface area (Å²) < 4.78 is 53.1. The lowest BCUT2D eigenvalue weighted by Gasteiger charge is -2.27. The number of hydrogen-bond acceptors (Lipinski definition) is 6. The number of aromatic nitrogens is 1. The fourth-order valence-corrected chi connectivity index (χ4v) is 7.27. The van der Waals surface area contributed by atoms with Gasteiger partial charge >= 0.3 is 0 Å². The molecule has 0 spiro atoms. The van der Waals surface area contributed by atoms with Gasteiger partial charge in [0.1, 0.15) is 5.01 Å².